The largest absolute Gasteiger partial charge is 0.479 e. The van der Waals surface area contributed by atoms with Gasteiger partial charge in [0, 0.05) is 5.41 Å². The van der Waals surface area contributed by atoms with Gasteiger partial charge in [-0.05, 0) is 19.3 Å². The number of carboxylic acids is 4. The molecule has 4 unspecified atom stereocenters. The summed E-state index contributed by atoms with van der Waals surface area (Å²) in [5.41, 5.74) is -1.42. The SMILES string of the molecule is O=C(O)C1CC2(CC(C(=O)O)O1)CC(C(=O)O)OC2C(=O)O. The highest BCUT2D eigenvalue weighted by Gasteiger charge is 2.59. The summed E-state index contributed by atoms with van der Waals surface area (Å²) in [7, 11) is 0. The third kappa shape index (κ3) is 2.74. The van der Waals surface area contributed by atoms with Gasteiger partial charge in [-0.2, -0.15) is 0 Å². The molecular formula is C12H14O10. The van der Waals surface area contributed by atoms with E-state index < -0.39 is 53.7 Å². The predicted molar refractivity (Wildman–Crippen MR) is 64.1 cm³/mol. The molecule has 0 radical (unpaired) electrons. The Hall–Kier alpha value is -2.20. The Kier molecular flexibility index (Phi) is 4.07. The highest BCUT2D eigenvalue weighted by Crippen LogP contribution is 2.49. The second kappa shape index (κ2) is 5.54. The average molecular weight is 318 g/mol. The molecule has 0 aromatic carbocycles. The molecule has 0 aliphatic carbocycles. The van der Waals surface area contributed by atoms with Crippen molar-refractivity contribution in [2.24, 2.45) is 5.41 Å². The molecule has 2 aliphatic heterocycles. The minimum atomic E-state index is -1.60. The maximum Gasteiger partial charge on any atom is 0.333 e. The molecule has 0 aromatic heterocycles. The Morgan fingerprint density at radius 2 is 1.05 bits per heavy atom. The van der Waals surface area contributed by atoms with Gasteiger partial charge in [-0.15, -0.1) is 0 Å². The quantitative estimate of drug-likeness (QED) is 0.505. The first-order valence-electron chi connectivity index (χ1n) is 6.38. The van der Waals surface area contributed by atoms with Crippen LogP contribution in [0, 0.1) is 5.41 Å². The predicted octanol–water partition coefficient (Wildman–Crippen LogP) is -0.984. The smallest absolute Gasteiger partial charge is 0.333 e. The molecule has 4 atom stereocenters. The van der Waals surface area contributed by atoms with Gasteiger partial charge in [-0.3, -0.25) is 0 Å². The second-order valence-corrected chi connectivity index (χ2v) is 5.45. The molecule has 0 amide bonds. The van der Waals surface area contributed by atoms with Crippen LogP contribution in [0.5, 0.6) is 0 Å². The van der Waals surface area contributed by atoms with E-state index in [1.54, 1.807) is 0 Å². The van der Waals surface area contributed by atoms with Crippen LogP contribution in [-0.4, -0.2) is 68.7 Å². The van der Waals surface area contributed by atoms with Crippen molar-refractivity contribution in [3.63, 3.8) is 0 Å². The Labute approximate surface area is 123 Å². The monoisotopic (exact) mass is 318 g/mol. The van der Waals surface area contributed by atoms with Crippen molar-refractivity contribution >= 4 is 23.9 Å². The summed E-state index contributed by atoms with van der Waals surface area (Å²) in [6, 6.07) is 0. The highest BCUT2D eigenvalue weighted by molar-refractivity contribution is 5.80. The fraction of sp³-hybridized carbons (Fsp3) is 0.667. The van der Waals surface area contributed by atoms with Gasteiger partial charge in [-0.25, -0.2) is 19.2 Å². The lowest BCUT2D eigenvalue weighted by Gasteiger charge is -2.40. The van der Waals surface area contributed by atoms with Crippen LogP contribution in [-0.2, 0) is 28.7 Å². The minimum absolute atomic E-state index is 0.282. The van der Waals surface area contributed by atoms with Crippen molar-refractivity contribution in [1.29, 1.82) is 0 Å². The third-order valence-electron chi connectivity index (χ3n) is 4.01. The zero-order valence-corrected chi connectivity index (χ0v) is 11.2. The normalized spacial score (nSPS) is 37.8. The lowest BCUT2D eigenvalue weighted by molar-refractivity contribution is -0.189. The van der Waals surface area contributed by atoms with Crippen LogP contribution in [0.3, 0.4) is 0 Å². The molecular weight excluding hydrogens is 304 g/mol. The number of aliphatic carboxylic acids is 4. The van der Waals surface area contributed by atoms with Crippen LogP contribution in [0.2, 0.25) is 0 Å². The lowest BCUT2D eigenvalue weighted by Crippen LogP contribution is -2.51. The molecule has 10 heteroatoms. The second-order valence-electron chi connectivity index (χ2n) is 5.45. The van der Waals surface area contributed by atoms with Crippen molar-refractivity contribution in [1.82, 2.24) is 0 Å². The molecule has 122 valence electrons. The molecule has 2 heterocycles. The maximum atomic E-state index is 11.3. The van der Waals surface area contributed by atoms with Crippen LogP contribution in [0.1, 0.15) is 19.3 Å². The summed E-state index contributed by atoms with van der Waals surface area (Å²) in [6.45, 7) is 0. The summed E-state index contributed by atoms with van der Waals surface area (Å²) in [6.07, 6.45) is -7.03. The molecule has 0 bridgehead atoms. The minimum Gasteiger partial charge on any atom is -0.479 e. The van der Waals surface area contributed by atoms with Crippen molar-refractivity contribution in [3.05, 3.63) is 0 Å². The molecule has 22 heavy (non-hydrogen) atoms. The first-order chi connectivity index (χ1) is 10.2. The fourth-order valence-electron chi connectivity index (χ4n) is 3.09. The van der Waals surface area contributed by atoms with Crippen molar-refractivity contribution in [2.75, 3.05) is 0 Å². The molecule has 2 fully saturated rings. The fourth-order valence-corrected chi connectivity index (χ4v) is 3.09. The summed E-state index contributed by atoms with van der Waals surface area (Å²) < 4.78 is 9.92. The van der Waals surface area contributed by atoms with E-state index in [0.717, 1.165) is 0 Å². The van der Waals surface area contributed by atoms with E-state index >= 15 is 0 Å². The number of carbonyl (C=O) groups is 4. The van der Waals surface area contributed by atoms with Gasteiger partial charge in [0.1, 0.15) is 0 Å². The summed E-state index contributed by atoms with van der Waals surface area (Å²) >= 11 is 0. The van der Waals surface area contributed by atoms with Crippen LogP contribution < -0.4 is 0 Å². The lowest BCUT2D eigenvalue weighted by atomic mass is 9.69. The van der Waals surface area contributed by atoms with Crippen molar-refractivity contribution in [3.8, 4) is 0 Å². The molecule has 4 N–H and O–H groups in total. The van der Waals surface area contributed by atoms with Gasteiger partial charge in [0.2, 0.25) is 0 Å². The number of hydrogen-bond donors (Lipinski definition) is 4. The number of carboxylic acid groups (broad SMARTS) is 4. The first kappa shape index (κ1) is 16.2. The number of ether oxygens (including phenoxy) is 2. The Bertz CT molecular complexity index is 504. The standard InChI is InChI=1S/C12H14O10/c13-8(14)4-1-12(2-5(21-4)9(15)16)3-6(10(17)18)22-7(12)11(19)20/h4-7H,1-3H2,(H,13,14)(H,15,16)(H,17,18)(H,19,20). The Morgan fingerprint density at radius 3 is 1.36 bits per heavy atom. The molecule has 0 aromatic rings. The van der Waals surface area contributed by atoms with E-state index in [2.05, 4.69) is 0 Å². The van der Waals surface area contributed by atoms with E-state index in [0.29, 0.717) is 0 Å². The van der Waals surface area contributed by atoms with E-state index in [1.165, 1.54) is 0 Å². The summed E-state index contributed by atoms with van der Waals surface area (Å²) in [5, 5.41) is 36.3. The Balaban J connectivity index is 2.38. The van der Waals surface area contributed by atoms with Gasteiger partial charge >= 0.3 is 23.9 Å². The van der Waals surface area contributed by atoms with Crippen LogP contribution >= 0.6 is 0 Å². The third-order valence-corrected chi connectivity index (χ3v) is 4.01. The van der Waals surface area contributed by atoms with Crippen molar-refractivity contribution in [2.45, 2.75) is 43.7 Å². The van der Waals surface area contributed by atoms with E-state index in [1.807, 2.05) is 0 Å². The molecule has 2 saturated heterocycles. The van der Waals surface area contributed by atoms with Crippen LogP contribution in [0.15, 0.2) is 0 Å². The average Bonchev–Trinajstić information content (AvgIpc) is 2.77. The molecule has 1 spiro atoms. The zero-order valence-electron chi connectivity index (χ0n) is 11.2. The van der Waals surface area contributed by atoms with E-state index in [9.17, 15) is 24.3 Å². The van der Waals surface area contributed by atoms with Crippen molar-refractivity contribution < 1.29 is 49.1 Å². The van der Waals surface area contributed by atoms with Gasteiger partial charge in [-0.1, -0.05) is 0 Å². The first-order valence-corrected chi connectivity index (χ1v) is 6.38. The molecule has 2 rings (SSSR count). The van der Waals surface area contributed by atoms with E-state index in [4.69, 9.17) is 24.8 Å². The molecule has 0 saturated carbocycles. The van der Waals surface area contributed by atoms with E-state index in [-0.39, 0.29) is 19.3 Å². The summed E-state index contributed by atoms with van der Waals surface area (Å²) in [4.78, 5) is 44.7. The van der Waals surface area contributed by atoms with Gasteiger partial charge < -0.3 is 29.9 Å². The van der Waals surface area contributed by atoms with Gasteiger partial charge in [0.15, 0.2) is 24.4 Å². The topological polar surface area (TPSA) is 168 Å². The molecule has 10 nitrogen and oxygen atoms in total. The van der Waals surface area contributed by atoms with Gasteiger partial charge in [0.05, 0.1) is 0 Å². The molecule has 2 aliphatic rings. The van der Waals surface area contributed by atoms with Crippen LogP contribution in [0.4, 0.5) is 0 Å². The zero-order chi connectivity index (χ0) is 16.7. The van der Waals surface area contributed by atoms with Crippen LogP contribution in [0.25, 0.3) is 0 Å². The number of hydrogen-bond acceptors (Lipinski definition) is 6. The maximum absolute atomic E-state index is 11.3. The summed E-state index contributed by atoms with van der Waals surface area (Å²) in [5.74, 6) is -5.71. The highest BCUT2D eigenvalue weighted by atomic mass is 16.6. The Morgan fingerprint density at radius 1 is 0.682 bits per heavy atom. The van der Waals surface area contributed by atoms with Gasteiger partial charge in [0.25, 0.3) is 0 Å². The number of rotatable bonds is 4.